The summed E-state index contributed by atoms with van der Waals surface area (Å²) in [5.41, 5.74) is 3.25. The molecule has 0 fully saturated rings. The van der Waals surface area contributed by atoms with Crippen LogP contribution in [-0.2, 0) is 6.42 Å². The fraction of sp³-hybridized carbons (Fsp3) is 0.438. The Morgan fingerprint density at radius 1 is 1.25 bits per heavy atom. The van der Waals surface area contributed by atoms with Crippen LogP contribution in [0.1, 0.15) is 55.6 Å². The van der Waals surface area contributed by atoms with Crippen molar-refractivity contribution < 1.29 is 4.79 Å². The van der Waals surface area contributed by atoms with Crippen molar-refractivity contribution >= 4 is 6.29 Å². The Hall–Kier alpha value is -1.97. The SMILES string of the molecule is CCc1cccnc1-c1nn(C(CC)CC)cc1C=O. The summed E-state index contributed by atoms with van der Waals surface area (Å²) in [6.07, 6.45) is 7.33. The van der Waals surface area contributed by atoms with E-state index in [1.54, 1.807) is 6.20 Å². The second kappa shape index (κ2) is 6.46. The van der Waals surface area contributed by atoms with Crippen molar-refractivity contribution in [1.29, 1.82) is 0 Å². The average Bonchev–Trinajstić information content (AvgIpc) is 2.92. The summed E-state index contributed by atoms with van der Waals surface area (Å²) >= 11 is 0. The van der Waals surface area contributed by atoms with E-state index in [4.69, 9.17) is 0 Å². The minimum Gasteiger partial charge on any atom is -0.298 e. The third-order valence-corrected chi connectivity index (χ3v) is 3.70. The zero-order valence-corrected chi connectivity index (χ0v) is 12.3. The highest BCUT2D eigenvalue weighted by atomic mass is 16.1. The fourth-order valence-electron chi connectivity index (χ4n) is 2.46. The van der Waals surface area contributed by atoms with Gasteiger partial charge in [0.15, 0.2) is 6.29 Å². The molecule has 2 rings (SSSR count). The summed E-state index contributed by atoms with van der Waals surface area (Å²) in [5, 5.41) is 4.62. The van der Waals surface area contributed by atoms with Gasteiger partial charge in [0, 0.05) is 12.4 Å². The van der Waals surface area contributed by atoms with E-state index in [0.29, 0.717) is 17.3 Å². The van der Waals surface area contributed by atoms with Crippen molar-refractivity contribution in [1.82, 2.24) is 14.8 Å². The van der Waals surface area contributed by atoms with Crippen LogP contribution in [-0.4, -0.2) is 21.1 Å². The molecule has 0 spiro atoms. The van der Waals surface area contributed by atoms with E-state index >= 15 is 0 Å². The average molecular weight is 271 g/mol. The maximum atomic E-state index is 11.3. The van der Waals surface area contributed by atoms with Crippen LogP contribution in [0.15, 0.2) is 24.5 Å². The molecule has 0 amide bonds. The summed E-state index contributed by atoms with van der Waals surface area (Å²) < 4.78 is 1.91. The summed E-state index contributed by atoms with van der Waals surface area (Å²) in [6.45, 7) is 6.35. The van der Waals surface area contributed by atoms with Crippen LogP contribution >= 0.6 is 0 Å². The maximum Gasteiger partial charge on any atom is 0.153 e. The van der Waals surface area contributed by atoms with Gasteiger partial charge in [0.1, 0.15) is 5.69 Å². The first-order valence-corrected chi connectivity index (χ1v) is 7.23. The van der Waals surface area contributed by atoms with Gasteiger partial charge >= 0.3 is 0 Å². The first-order chi connectivity index (χ1) is 9.74. The lowest BCUT2D eigenvalue weighted by atomic mass is 10.1. The normalized spacial score (nSPS) is 11.0. The molecule has 20 heavy (non-hydrogen) atoms. The van der Waals surface area contributed by atoms with Gasteiger partial charge in [0.25, 0.3) is 0 Å². The molecule has 106 valence electrons. The van der Waals surface area contributed by atoms with Gasteiger partial charge < -0.3 is 0 Å². The monoisotopic (exact) mass is 271 g/mol. The van der Waals surface area contributed by atoms with Crippen molar-refractivity contribution in [2.24, 2.45) is 0 Å². The van der Waals surface area contributed by atoms with Gasteiger partial charge in [0.2, 0.25) is 0 Å². The smallest absolute Gasteiger partial charge is 0.153 e. The Labute approximate surface area is 119 Å². The van der Waals surface area contributed by atoms with E-state index < -0.39 is 0 Å². The van der Waals surface area contributed by atoms with Gasteiger partial charge in [-0.2, -0.15) is 5.10 Å². The van der Waals surface area contributed by atoms with Gasteiger partial charge in [-0.1, -0.05) is 26.8 Å². The summed E-state index contributed by atoms with van der Waals surface area (Å²) in [7, 11) is 0. The molecule has 0 aliphatic rings. The molecule has 2 aromatic heterocycles. The predicted molar refractivity (Wildman–Crippen MR) is 79.8 cm³/mol. The molecule has 4 nitrogen and oxygen atoms in total. The zero-order valence-electron chi connectivity index (χ0n) is 12.3. The van der Waals surface area contributed by atoms with E-state index in [0.717, 1.165) is 36.8 Å². The summed E-state index contributed by atoms with van der Waals surface area (Å²) in [4.78, 5) is 15.7. The third kappa shape index (κ3) is 2.64. The molecule has 0 saturated carbocycles. The van der Waals surface area contributed by atoms with E-state index in [1.807, 2.05) is 23.0 Å². The number of hydrogen-bond donors (Lipinski definition) is 0. The molecule has 4 heteroatoms. The van der Waals surface area contributed by atoms with Gasteiger partial charge in [-0.3, -0.25) is 14.5 Å². The van der Waals surface area contributed by atoms with Crippen LogP contribution in [0.4, 0.5) is 0 Å². The van der Waals surface area contributed by atoms with Gasteiger partial charge in [0.05, 0.1) is 17.3 Å². The Morgan fingerprint density at radius 3 is 2.60 bits per heavy atom. The molecular formula is C16H21N3O. The molecule has 0 aliphatic heterocycles. The van der Waals surface area contributed by atoms with Crippen LogP contribution in [0.3, 0.4) is 0 Å². The number of aromatic nitrogens is 3. The lowest BCUT2D eigenvalue weighted by molar-refractivity contribution is 0.112. The van der Waals surface area contributed by atoms with Crippen molar-refractivity contribution in [2.75, 3.05) is 0 Å². The van der Waals surface area contributed by atoms with E-state index in [1.165, 1.54) is 0 Å². The molecule has 2 heterocycles. The van der Waals surface area contributed by atoms with Crippen LogP contribution < -0.4 is 0 Å². The van der Waals surface area contributed by atoms with Crippen molar-refractivity contribution in [3.8, 4) is 11.4 Å². The predicted octanol–water partition coefficient (Wildman–Crippen LogP) is 3.68. The largest absolute Gasteiger partial charge is 0.298 e. The Morgan fingerprint density at radius 2 is 2.00 bits per heavy atom. The molecule has 0 bridgehead atoms. The Bertz CT molecular complexity index is 585. The molecule has 0 aromatic carbocycles. The maximum absolute atomic E-state index is 11.3. The third-order valence-electron chi connectivity index (χ3n) is 3.70. The van der Waals surface area contributed by atoms with Gasteiger partial charge in [-0.25, -0.2) is 0 Å². The van der Waals surface area contributed by atoms with Crippen molar-refractivity contribution in [2.45, 2.75) is 46.1 Å². The second-order valence-electron chi connectivity index (χ2n) is 4.87. The number of hydrogen-bond acceptors (Lipinski definition) is 3. The van der Waals surface area contributed by atoms with Crippen LogP contribution in [0, 0.1) is 0 Å². The molecule has 0 N–H and O–H groups in total. The number of carbonyl (C=O) groups excluding carboxylic acids is 1. The first-order valence-electron chi connectivity index (χ1n) is 7.23. The molecule has 0 atom stereocenters. The number of aryl methyl sites for hydroxylation is 1. The molecule has 0 saturated heterocycles. The van der Waals surface area contributed by atoms with Crippen LogP contribution in [0.5, 0.6) is 0 Å². The van der Waals surface area contributed by atoms with E-state index in [9.17, 15) is 4.79 Å². The Kier molecular flexibility index (Phi) is 4.66. The lowest BCUT2D eigenvalue weighted by Crippen LogP contribution is -2.07. The molecule has 0 unspecified atom stereocenters. The fourth-order valence-corrected chi connectivity index (χ4v) is 2.46. The number of pyridine rings is 1. The lowest BCUT2D eigenvalue weighted by Gasteiger charge is -2.12. The minimum absolute atomic E-state index is 0.330. The van der Waals surface area contributed by atoms with Gasteiger partial charge in [-0.05, 0) is 30.9 Å². The topological polar surface area (TPSA) is 47.8 Å². The second-order valence-corrected chi connectivity index (χ2v) is 4.87. The number of aldehydes is 1. The van der Waals surface area contributed by atoms with E-state index in [-0.39, 0.29) is 0 Å². The Balaban J connectivity index is 2.53. The zero-order chi connectivity index (χ0) is 14.5. The number of nitrogens with zero attached hydrogens (tertiary/aromatic N) is 3. The quantitative estimate of drug-likeness (QED) is 0.753. The highest BCUT2D eigenvalue weighted by molar-refractivity contribution is 5.85. The van der Waals surface area contributed by atoms with Crippen molar-refractivity contribution in [3.63, 3.8) is 0 Å². The van der Waals surface area contributed by atoms with Gasteiger partial charge in [-0.15, -0.1) is 0 Å². The minimum atomic E-state index is 0.330. The van der Waals surface area contributed by atoms with Crippen LogP contribution in [0.2, 0.25) is 0 Å². The standard InChI is InChI=1S/C16H21N3O/c1-4-12-8-7-9-17-15(12)16-13(11-20)10-19(18-16)14(5-2)6-3/h7-11,14H,4-6H2,1-3H3. The molecule has 0 radical (unpaired) electrons. The highest BCUT2D eigenvalue weighted by Crippen LogP contribution is 2.25. The molecule has 2 aromatic rings. The number of carbonyl (C=O) groups is 1. The van der Waals surface area contributed by atoms with Crippen molar-refractivity contribution in [3.05, 3.63) is 35.7 Å². The first kappa shape index (κ1) is 14.4. The summed E-state index contributed by atoms with van der Waals surface area (Å²) in [5.74, 6) is 0. The summed E-state index contributed by atoms with van der Waals surface area (Å²) in [6, 6.07) is 4.28. The highest BCUT2D eigenvalue weighted by Gasteiger charge is 2.17. The van der Waals surface area contributed by atoms with Crippen LogP contribution in [0.25, 0.3) is 11.4 Å². The number of rotatable bonds is 6. The molecule has 0 aliphatic carbocycles. The van der Waals surface area contributed by atoms with E-state index in [2.05, 4.69) is 30.9 Å². The molecular weight excluding hydrogens is 250 g/mol.